The molecular formula is C28H48O4Si. The second-order valence-electron chi connectivity index (χ2n) is 10.4. The Balaban J connectivity index is 5.48. The van der Waals surface area contributed by atoms with Crippen molar-refractivity contribution < 1.29 is 18.7 Å². The zero-order chi connectivity index (χ0) is 25.8. The number of carbonyl (C=O) groups excluding carboxylic acids is 1. The van der Waals surface area contributed by atoms with E-state index in [-0.39, 0.29) is 23.7 Å². The predicted octanol–water partition coefficient (Wildman–Crippen LogP) is 8.55. The minimum atomic E-state index is -1.93. The number of methoxy groups -OCH3 is 1. The van der Waals surface area contributed by atoms with Crippen LogP contribution in [-0.2, 0) is 13.9 Å². The SMILES string of the molecule is C/C=C(C)/C=C(\C)[C@H](O[Si](C)(C)C(C)(C)C)[C@H](C)/C=C(C)/C=C/C/C(C)=C/COC(=O)OC. The van der Waals surface area contributed by atoms with Gasteiger partial charge in [-0.2, -0.15) is 0 Å². The molecule has 33 heavy (non-hydrogen) atoms. The smallest absolute Gasteiger partial charge is 0.438 e. The first-order valence-electron chi connectivity index (χ1n) is 11.8. The standard InChI is InChI=1S/C28H48O4Si/c1-13-21(2)19-24(5)26(32-33(11,12)28(7,8)9)25(6)20-23(4)16-14-15-22(3)17-18-31-27(29)30-10/h13-14,16-17,19-20,25-26H,15,18H2,1-12H3/b16-14+,21-13+,22-17+,23-20+,24-19+/t25-,26+/m1/s1. The van der Waals surface area contributed by atoms with Gasteiger partial charge in [-0.15, -0.1) is 0 Å². The molecule has 0 amide bonds. The maximum atomic E-state index is 11.0. The minimum Gasteiger partial charge on any atom is -0.438 e. The fourth-order valence-electron chi connectivity index (χ4n) is 3.02. The minimum absolute atomic E-state index is 0.0428. The Morgan fingerprint density at radius 1 is 1.06 bits per heavy atom. The molecule has 0 aromatic rings. The van der Waals surface area contributed by atoms with Crippen LogP contribution in [0, 0.1) is 5.92 Å². The highest BCUT2D eigenvalue weighted by molar-refractivity contribution is 6.74. The molecule has 0 radical (unpaired) electrons. The summed E-state index contributed by atoms with van der Waals surface area (Å²) in [6.45, 7) is 24.5. The number of rotatable bonds is 11. The molecule has 5 heteroatoms. The second-order valence-corrected chi connectivity index (χ2v) is 15.2. The second kappa shape index (κ2) is 14.4. The summed E-state index contributed by atoms with van der Waals surface area (Å²) in [7, 11) is -0.626. The Morgan fingerprint density at radius 3 is 2.18 bits per heavy atom. The number of carbonyl (C=O) groups is 1. The fourth-order valence-corrected chi connectivity index (χ4v) is 4.41. The van der Waals surface area contributed by atoms with Crippen molar-refractivity contribution >= 4 is 14.5 Å². The molecule has 0 rings (SSSR count). The molecule has 0 N–H and O–H groups in total. The molecule has 0 aliphatic heterocycles. The van der Waals surface area contributed by atoms with Crippen LogP contribution in [0.25, 0.3) is 0 Å². The quantitative estimate of drug-likeness (QED) is 0.130. The third kappa shape index (κ3) is 12.3. The first-order valence-corrected chi connectivity index (χ1v) is 14.8. The summed E-state index contributed by atoms with van der Waals surface area (Å²) >= 11 is 0. The summed E-state index contributed by atoms with van der Waals surface area (Å²) in [5.74, 6) is 0.245. The highest BCUT2D eigenvalue weighted by Gasteiger charge is 2.40. The largest absolute Gasteiger partial charge is 0.508 e. The first-order chi connectivity index (χ1) is 15.1. The molecule has 2 atom stereocenters. The molecule has 0 aromatic carbocycles. The summed E-state index contributed by atoms with van der Waals surface area (Å²) in [4.78, 5) is 11.0. The van der Waals surface area contributed by atoms with E-state index in [4.69, 9.17) is 9.16 Å². The van der Waals surface area contributed by atoms with Crippen LogP contribution in [0.3, 0.4) is 0 Å². The average Bonchev–Trinajstić information content (AvgIpc) is 2.70. The highest BCUT2D eigenvalue weighted by atomic mass is 28.4. The summed E-state index contributed by atoms with van der Waals surface area (Å²) in [5, 5.41) is 0.154. The fraction of sp³-hybridized carbons (Fsp3) is 0.607. The van der Waals surface area contributed by atoms with Gasteiger partial charge < -0.3 is 13.9 Å². The predicted molar refractivity (Wildman–Crippen MR) is 144 cm³/mol. The van der Waals surface area contributed by atoms with Gasteiger partial charge in [0.1, 0.15) is 6.61 Å². The van der Waals surface area contributed by atoms with Crippen LogP contribution < -0.4 is 0 Å². The molecule has 0 aromatic heterocycles. The third-order valence-corrected chi connectivity index (χ3v) is 10.7. The molecular weight excluding hydrogens is 428 g/mol. The van der Waals surface area contributed by atoms with Crippen LogP contribution in [0.15, 0.2) is 58.7 Å². The normalized spacial score (nSPS) is 16.7. The first kappa shape index (κ1) is 31.1. The number of hydrogen-bond donors (Lipinski definition) is 0. The lowest BCUT2D eigenvalue weighted by Gasteiger charge is -2.41. The van der Waals surface area contributed by atoms with Gasteiger partial charge >= 0.3 is 6.16 Å². The average molecular weight is 477 g/mol. The van der Waals surface area contributed by atoms with Crippen molar-refractivity contribution in [1.82, 2.24) is 0 Å². The zero-order valence-corrected chi connectivity index (χ0v) is 24.2. The van der Waals surface area contributed by atoms with Crippen molar-refractivity contribution in [2.24, 2.45) is 5.92 Å². The van der Waals surface area contributed by atoms with Crippen LogP contribution in [0.4, 0.5) is 4.79 Å². The van der Waals surface area contributed by atoms with E-state index in [1.54, 1.807) is 0 Å². The van der Waals surface area contributed by atoms with Gasteiger partial charge in [0.15, 0.2) is 8.32 Å². The van der Waals surface area contributed by atoms with Gasteiger partial charge in [0.05, 0.1) is 13.2 Å². The number of ether oxygens (including phenoxy) is 2. The monoisotopic (exact) mass is 476 g/mol. The maximum Gasteiger partial charge on any atom is 0.508 e. The summed E-state index contributed by atoms with van der Waals surface area (Å²) in [5.41, 5.74) is 4.86. The lowest BCUT2D eigenvalue weighted by molar-refractivity contribution is 0.0817. The molecule has 0 heterocycles. The van der Waals surface area contributed by atoms with Gasteiger partial charge in [-0.1, -0.05) is 74.8 Å². The van der Waals surface area contributed by atoms with Crippen LogP contribution >= 0.6 is 0 Å². The van der Waals surface area contributed by atoms with Crippen LogP contribution in [0.2, 0.25) is 18.1 Å². The Kier molecular flexibility index (Phi) is 13.6. The highest BCUT2D eigenvalue weighted by Crippen LogP contribution is 2.39. The van der Waals surface area contributed by atoms with Crippen molar-refractivity contribution in [3.8, 4) is 0 Å². The summed E-state index contributed by atoms with van der Waals surface area (Å²) < 4.78 is 16.3. The lowest BCUT2D eigenvalue weighted by atomic mass is 9.95. The molecule has 0 saturated heterocycles. The molecule has 4 nitrogen and oxygen atoms in total. The van der Waals surface area contributed by atoms with Gasteiger partial charge in [0, 0.05) is 5.92 Å². The topological polar surface area (TPSA) is 44.8 Å². The Morgan fingerprint density at radius 2 is 1.67 bits per heavy atom. The van der Waals surface area contributed by atoms with E-state index in [1.165, 1.54) is 23.8 Å². The molecule has 0 aliphatic rings. The van der Waals surface area contributed by atoms with Crippen LogP contribution in [-0.4, -0.2) is 34.3 Å². The van der Waals surface area contributed by atoms with Crippen LogP contribution in [0.1, 0.15) is 68.7 Å². The van der Waals surface area contributed by atoms with E-state index in [0.717, 1.165) is 12.0 Å². The van der Waals surface area contributed by atoms with Crippen molar-refractivity contribution in [2.75, 3.05) is 13.7 Å². The Hall–Kier alpha value is -1.85. The molecule has 0 bridgehead atoms. The van der Waals surface area contributed by atoms with E-state index in [2.05, 4.69) is 104 Å². The molecule has 0 fully saturated rings. The third-order valence-electron chi connectivity index (χ3n) is 6.21. The maximum absolute atomic E-state index is 11.0. The Bertz CT molecular complexity index is 776. The van der Waals surface area contributed by atoms with Crippen molar-refractivity contribution in [3.63, 3.8) is 0 Å². The van der Waals surface area contributed by atoms with Gasteiger partial charge in [-0.25, -0.2) is 4.79 Å². The van der Waals surface area contributed by atoms with Crippen molar-refractivity contribution in [1.29, 1.82) is 0 Å². The van der Waals surface area contributed by atoms with Gasteiger partial charge in [-0.05, 0) is 70.8 Å². The van der Waals surface area contributed by atoms with E-state index in [9.17, 15) is 4.79 Å². The number of hydrogen-bond acceptors (Lipinski definition) is 4. The summed E-state index contributed by atoms with van der Waals surface area (Å²) in [6, 6.07) is 0. The molecule has 0 saturated carbocycles. The number of allylic oxidation sites excluding steroid dienone is 7. The summed E-state index contributed by atoms with van der Waals surface area (Å²) in [6.07, 6.45) is 13.0. The zero-order valence-electron chi connectivity index (χ0n) is 23.2. The molecule has 0 aliphatic carbocycles. The van der Waals surface area contributed by atoms with E-state index in [1.807, 2.05) is 13.0 Å². The molecule has 0 unspecified atom stereocenters. The van der Waals surface area contributed by atoms with Crippen LogP contribution in [0.5, 0.6) is 0 Å². The molecule has 0 spiro atoms. The van der Waals surface area contributed by atoms with E-state index < -0.39 is 14.5 Å². The lowest BCUT2D eigenvalue weighted by Crippen LogP contribution is -2.45. The van der Waals surface area contributed by atoms with Crippen molar-refractivity contribution in [2.45, 2.75) is 93.0 Å². The van der Waals surface area contributed by atoms with Gasteiger partial charge in [0.25, 0.3) is 0 Å². The van der Waals surface area contributed by atoms with Gasteiger partial charge in [0.2, 0.25) is 0 Å². The van der Waals surface area contributed by atoms with E-state index >= 15 is 0 Å². The van der Waals surface area contributed by atoms with Crippen molar-refractivity contribution in [3.05, 3.63) is 58.7 Å². The van der Waals surface area contributed by atoms with Gasteiger partial charge in [-0.3, -0.25) is 0 Å². The Labute approximate surface area is 204 Å². The van der Waals surface area contributed by atoms with E-state index in [0.29, 0.717) is 0 Å². The molecule has 188 valence electrons.